The summed E-state index contributed by atoms with van der Waals surface area (Å²) < 4.78 is 0. The molecule has 0 aliphatic heterocycles. The number of thiazole rings is 2. The quantitative estimate of drug-likeness (QED) is 0.896. The summed E-state index contributed by atoms with van der Waals surface area (Å²) >= 11 is 3.31. The number of nitrogen functional groups attached to an aromatic ring is 1. The van der Waals surface area contributed by atoms with E-state index < -0.39 is 0 Å². The minimum Gasteiger partial charge on any atom is -0.375 e. The van der Waals surface area contributed by atoms with Crippen molar-refractivity contribution in [2.75, 3.05) is 5.73 Å². The van der Waals surface area contributed by atoms with Gasteiger partial charge in [-0.1, -0.05) is 19.3 Å². The van der Waals surface area contributed by atoms with Crippen molar-refractivity contribution in [3.05, 3.63) is 16.1 Å². The first-order chi connectivity index (χ1) is 8.74. The third-order valence-electron chi connectivity index (χ3n) is 3.52. The molecule has 18 heavy (non-hydrogen) atoms. The zero-order valence-electron chi connectivity index (χ0n) is 10.5. The summed E-state index contributed by atoms with van der Waals surface area (Å²) in [5.41, 5.74) is 7.80. The molecular formula is C13H17N3S2. The topological polar surface area (TPSA) is 51.8 Å². The molecule has 3 rings (SSSR count). The van der Waals surface area contributed by atoms with Crippen molar-refractivity contribution in [3.63, 3.8) is 0 Å². The van der Waals surface area contributed by atoms with Crippen LogP contribution in [-0.4, -0.2) is 9.97 Å². The average Bonchev–Trinajstić information content (AvgIpc) is 2.97. The van der Waals surface area contributed by atoms with Gasteiger partial charge in [0.25, 0.3) is 0 Å². The van der Waals surface area contributed by atoms with E-state index in [0.29, 0.717) is 11.0 Å². The number of hydrogen-bond acceptors (Lipinski definition) is 5. The third kappa shape index (κ3) is 2.29. The molecule has 2 aromatic rings. The van der Waals surface area contributed by atoms with Gasteiger partial charge in [0.05, 0.1) is 21.3 Å². The number of anilines is 1. The number of rotatable bonds is 2. The maximum absolute atomic E-state index is 5.71. The van der Waals surface area contributed by atoms with Gasteiger partial charge in [0.2, 0.25) is 0 Å². The summed E-state index contributed by atoms with van der Waals surface area (Å²) in [5.74, 6) is 0.673. The highest BCUT2D eigenvalue weighted by molar-refractivity contribution is 7.16. The molecule has 1 aliphatic carbocycles. The smallest absolute Gasteiger partial charge is 0.180 e. The molecule has 2 heterocycles. The van der Waals surface area contributed by atoms with Crippen LogP contribution in [0.4, 0.5) is 5.13 Å². The van der Waals surface area contributed by atoms with Crippen LogP contribution in [0.15, 0.2) is 5.38 Å². The summed E-state index contributed by atoms with van der Waals surface area (Å²) in [7, 11) is 0. The molecule has 2 N–H and O–H groups in total. The average molecular weight is 279 g/mol. The maximum atomic E-state index is 5.71. The molecule has 0 saturated heterocycles. The molecule has 0 spiro atoms. The second kappa shape index (κ2) is 4.97. The lowest BCUT2D eigenvalue weighted by Gasteiger charge is -2.18. The van der Waals surface area contributed by atoms with Crippen LogP contribution >= 0.6 is 22.7 Å². The van der Waals surface area contributed by atoms with Gasteiger partial charge in [-0.05, 0) is 19.8 Å². The molecule has 0 aromatic carbocycles. The van der Waals surface area contributed by atoms with E-state index in [0.717, 1.165) is 11.4 Å². The molecule has 0 radical (unpaired) electrons. The first-order valence-electron chi connectivity index (χ1n) is 6.43. The minimum absolute atomic E-state index is 0.636. The number of hydrogen-bond donors (Lipinski definition) is 1. The Morgan fingerprint density at radius 2 is 2.00 bits per heavy atom. The van der Waals surface area contributed by atoms with Crippen molar-refractivity contribution in [1.29, 1.82) is 0 Å². The zero-order valence-corrected chi connectivity index (χ0v) is 12.1. The number of nitrogens with zero attached hydrogens (tertiary/aromatic N) is 2. The first kappa shape index (κ1) is 12.1. The van der Waals surface area contributed by atoms with Crippen LogP contribution in [0.25, 0.3) is 10.6 Å². The van der Waals surface area contributed by atoms with Crippen molar-refractivity contribution < 1.29 is 0 Å². The van der Waals surface area contributed by atoms with Crippen molar-refractivity contribution >= 4 is 27.8 Å². The zero-order chi connectivity index (χ0) is 12.5. The first-order valence-corrected chi connectivity index (χ1v) is 8.12. The highest BCUT2D eigenvalue weighted by Gasteiger charge is 2.21. The summed E-state index contributed by atoms with van der Waals surface area (Å²) in [6.45, 7) is 2.08. The summed E-state index contributed by atoms with van der Waals surface area (Å²) in [6.07, 6.45) is 6.68. The fourth-order valence-electron chi connectivity index (χ4n) is 2.57. The Balaban J connectivity index is 1.90. The van der Waals surface area contributed by atoms with Crippen molar-refractivity contribution in [2.45, 2.75) is 44.9 Å². The Morgan fingerprint density at radius 3 is 2.67 bits per heavy atom. The molecule has 0 unspecified atom stereocenters. The summed E-state index contributed by atoms with van der Waals surface area (Å²) in [6, 6.07) is 0. The Morgan fingerprint density at radius 1 is 1.22 bits per heavy atom. The second-order valence-electron chi connectivity index (χ2n) is 4.87. The highest BCUT2D eigenvalue weighted by Crippen LogP contribution is 2.39. The Bertz CT molecular complexity index is 538. The largest absolute Gasteiger partial charge is 0.375 e. The van der Waals surface area contributed by atoms with Gasteiger partial charge in [0.1, 0.15) is 0 Å². The van der Waals surface area contributed by atoms with Gasteiger partial charge in [-0.2, -0.15) is 0 Å². The SMILES string of the molecule is Cc1nc(C2CCCCC2)sc1-c1csc(N)n1. The monoisotopic (exact) mass is 279 g/mol. The molecule has 0 amide bonds. The van der Waals surface area contributed by atoms with E-state index in [9.17, 15) is 0 Å². The van der Waals surface area contributed by atoms with Gasteiger partial charge in [-0.15, -0.1) is 22.7 Å². The fourth-order valence-corrected chi connectivity index (χ4v) is 4.40. The Hall–Kier alpha value is -0.940. The minimum atomic E-state index is 0.636. The Kier molecular flexibility index (Phi) is 3.35. The number of nitrogens with two attached hydrogens (primary N) is 1. The van der Waals surface area contributed by atoms with Crippen LogP contribution in [-0.2, 0) is 0 Å². The van der Waals surface area contributed by atoms with Gasteiger partial charge >= 0.3 is 0 Å². The predicted octanol–water partition coefficient (Wildman–Crippen LogP) is 4.20. The lowest BCUT2D eigenvalue weighted by molar-refractivity contribution is 0.442. The van der Waals surface area contributed by atoms with Gasteiger partial charge in [0, 0.05) is 11.3 Å². The molecule has 1 aliphatic rings. The highest BCUT2D eigenvalue weighted by atomic mass is 32.1. The standard InChI is InChI=1S/C13H17N3S2/c1-8-11(10-7-17-13(14)16-10)18-12(15-8)9-5-3-2-4-6-9/h7,9H,2-6H2,1H3,(H2,14,16). The van der Waals surface area contributed by atoms with E-state index in [1.165, 1.54) is 53.3 Å². The van der Waals surface area contributed by atoms with Crippen LogP contribution in [0, 0.1) is 6.92 Å². The van der Waals surface area contributed by atoms with Crippen molar-refractivity contribution in [2.24, 2.45) is 0 Å². The predicted molar refractivity (Wildman–Crippen MR) is 78.2 cm³/mol. The van der Waals surface area contributed by atoms with E-state index in [2.05, 4.69) is 11.9 Å². The molecule has 0 bridgehead atoms. The lowest BCUT2D eigenvalue weighted by atomic mass is 9.90. The van der Waals surface area contributed by atoms with Gasteiger partial charge in [0.15, 0.2) is 5.13 Å². The van der Waals surface area contributed by atoms with Crippen LogP contribution in [0.1, 0.15) is 48.7 Å². The molecule has 3 nitrogen and oxygen atoms in total. The molecule has 2 aromatic heterocycles. The summed E-state index contributed by atoms with van der Waals surface area (Å²) in [5, 5.41) is 3.96. The second-order valence-corrected chi connectivity index (χ2v) is 6.79. The normalized spacial score (nSPS) is 17.2. The van der Waals surface area contributed by atoms with Gasteiger partial charge in [-0.25, -0.2) is 9.97 Å². The van der Waals surface area contributed by atoms with Crippen LogP contribution in [0.3, 0.4) is 0 Å². The van der Waals surface area contributed by atoms with Gasteiger partial charge < -0.3 is 5.73 Å². The molecule has 5 heteroatoms. The maximum Gasteiger partial charge on any atom is 0.180 e. The molecular weight excluding hydrogens is 262 g/mol. The summed E-state index contributed by atoms with van der Waals surface area (Å²) in [4.78, 5) is 10.3. The number of aryl methyl sites for hydroxylation is 1. The molecule has 96 valence electrons. The van der Waals surface area contributed by atoms with Crippen LogP contribution < -0.4 is 5.73 Å². The van der Waals surface area contributed by atoms with E-state index in [1.807, 2.05) is 16.7 Å². The fraction of sp³-hybridized carbons (Fsp3) is 0.538. The molecule has 1 fully saturated rings. The van der Waals surface area contributed by atoms with E-state index in [1.54, 1.807) is 0 Å². The van der Waals surface area contributed by atoms with E-state index in [-0.39, 0.29) is 0 Å². The van der Waals surface area contributed by atoms with E-state index in [4.69, 9.17) is 10.7 Å². The molecule has 1 saturated carbocycles. The third-order valence-corrected chi connectivity index (χ3v) is 5.54. The number of aromatic nitrogens is 2. The van der Waals surface area contributed by atoms with Crippen molar-refractivity contribution in [1.82, 2.24) is 9.97 Å². The van der Waals surface area contributed by atoms with Crippen molar-refractivity contribution in [3.8, 4) is 10.6 Å². The Labute approximate surface area is 115 Å². The van der Waals surface area contributed by atoms with Gasteiger partial charge in [-0.3, -0.25) is 0 Å². The van der Waals surface area contributed by atoms with Crippen LogP contribution in [0.2, 0.25) is 0 Å². The van der Waals surface area contributed by atoms with E-state index >= 15 is 0 Å². The van der Waals surface area contributed by atoms with Crippen LogP contribution in [0.5, 0.6) is 0 Å². The molecule has 0 atom stereocenters. The lowest BCUT2D eigenvalue weighted by Crippen LogP contribution is -2.03.